The molecule has 1 aromatic rings. The molecule has 0 aromatic heterocycles. The van der Waals surface area contributed by atoms with Crippen LogP contribution in [0.2, 0.25) is 0 Å². The highest BCUT2D eigenvalue weighted by Gasteiger charge is 2.44. The summed E-state index contributed by atoms with van der Waals surface area (Å²) < 4.78 is 11.4. The van der Waals surface area contributed by atoms with E-state index in [0.717, 1.165) is 42.7 Å². The number of rotatable bonds is 8. The van der Waals surface area contributed by atoms with E-state index in [2.05, 4.69) is 18.7 Å². The van der Waals surface area contributed by atoms with E-state index in [0.29, 0.717) is 31.0 Å². The maximum atomic E-state index is 11.8. The van der Waals surface area contributed by atoms with Crippen LogP contribution in [0.4, 0.5) is 0 Å². The zero-order valence-corrected chi connectivity index (χ0v) is 16.8. The SMILES string of the molecule is COc1ccc(CN2C(C(=O)O)CC3CCCCC32)cc1OCCC(C)C. The van der Waals surface area contributed by atoms with Crippen molar-refractivity contribution in [3.63, 3.8) is 0 Å². The maximum Gasteiger partial charge on any atom is 0.320 e. The van der Waals surface area contributed by atoms with Crippen LogP contribution in [0.3, 0.4) is 0 Å². The Hall–Kier alpha value is -1.75. The Bertz CT molecular complexity index is 645. The fraction of sp³-hybridized carbons (Fsp3) is 0.682. The number of nitrogens with zero attached hydrogens (tertiary/aromatic N) is 1. The van der Waals surface area contributed by atoms with Gasteiger partial charge in [0.25, 0.3) is 0 Å². The van der Waals surface area contributed by atoms with Gasteiger partial charge in [-0.05, 0) is 55.2 Å². The summed E-state index contributed by atoms with van der Waals surface area (Å²) >= 11 is 0. The molecule has 27 heavy (non-hydrogen) atoms. The molecule has 1 aliphatic heterocycles. The molecule has 0 amide bonds. The van der Waals surface area contributed by atoms with Crippen LogP contribution < -0.4 is 9.47 Å². The molecule has 2 aliphatic rings. The normalized spacial score (nSPS) is 25.4. The van der Waals surface area contributed by atoms with Gasteiger partial charge in [-0.25, -0.2) is 0 Å². The van der Waals surface area contributed by atoms with E-state index in [4.69, 9.17) is 9.47 Å². The van der Waals surface area contributed by atoms with Gasteiger partial charge in [0.15, 0.2) is 11.5 Å². The molecule has 1 aromatic carbocycles. The van der Waals surface area contributed by atoms with E-state index < -0.39 is 5.97 Å². The minimum atomic E-state index is -0.689. The lowest BCUT2D eigenvalue weighted by molar-refractivity contribution is -0.142. The largest absolute Gasteiger partial charge is 0.493 e. The van der Waals surface area contributed by atoms with Crippen LogP contribution in [0.25, 0.3) is 0 Å². The standard InChI is InChI=1S/C22H33NO4/c1-15(2)10-11-27-21-12-16(8-9-20(21)26-3)14-23-18-7-5-4-6-17(18)13-19(23)22(24)25/h8-9,12,15,17-19H,4-7,10-11,13-14H2,1-3H3,(H,24,25). The molecular weight excluding hydrogens is 342 g/mol. The number of ether oxygens (including phenoxy) is 2. The van der Waals surface area contributed by atoms with Crippen LogP contribution >= 0.6 is 0 Å². The average molecular weight is 376 g/mol. The predicted molar refractivity (Wildman–Crippen MR) is 105 cm³/mol. The van der Waals surface area contributed by atoms with Gasteiger partial charge in [0.1, 0.15) is 6.04 Å². The summed E-state index contributed by atoms with van der Waals surface area (Å²) in [5.74, 6) is 1.91. The number of aliphatic carboxylic acids is 1. The molecule has 3 rings (SSSR count). The zero-order chi connectivity index (χ0) is 19.4. The van der Waals surface area contributed by atoms with Gasteiger partial charge < -0.3 is 14.6 Å². The van der Waals surface area contributed by atoms with Crippen molar-refractivity contribution >= 4 is 5.97 Å². The molecule has 0 bridgehead atoms. The first-order valence-electron chi connectivity index (χ1n) is 10.3. The highest BCUT2D eigenvalue weighted by atomic mass is 16.5. The summed E-state index contributed by atoms with van der Waals surface area (Å²) in [6, 6.07) is 6.01. The molecule has 5 heteroatoms. The van der Waals surface area contributed by atoms with Crippen molar-refractivity contribution in [2.24, 2.45) is 11.8 Å². The van der Waals surface area contributed by atoms with Crippen molar-refractivity contribution < 1.29 is 19.4 Å². The molecule has 1 saturated carbocycles. The number of carboxylic acid groups (broad SMARTS) is 1. The second-order valence-corrected chi connectivity index (χ2v) is 8.39. The van der Waals surface area contributed by atoms with Gasteiger partial charge in [-0.2, -0.15) is 0 Å². The molecule has 3 atom stereocenters. The van der Waals surface area contributed by atoms with Crippen molar-refractivity contribution in [3.8, 4) is 11.5 Å². The molecule has 3 unspecified atom stereocenters. The third-order valence-corrected chi connectivity index (χ3v) is 6.05. The van der Waals surface area contributed by atoms with Crippen molar-refractivity contribution in [2.75, 3.05) is 13.7 Å². The van der Waals surface area contributed by atoms with Crippen molar-refractivity contribution in [3.05, 3.63) is 23.8 Å². The molecule has 150 valence electrons. The Morgan fingerprint density at radius 3 is 2.74 bits per heavy atom. The van der Waals surface area contributed by atoms with E-state index in [-0.39, 0.29) is 6.04 Å². The fourth-order valence-electron chi connectivity index (χ4n) is 4.57. The molecule has 2 fully saturated rings. The molecule has 1 N–H and O–H groups in total. The second-order valence-electron chi connectivity index (χ2n) is 8.39. The molecule has 0 radical (unpaired) electrons. The van der Waals surface area contributed by atoms with Crippen LogP contribution in [0.1, 0.15) is 57.9 Å². The van der Waals surface area contributed by atoms with Crippen molar-refractivity contribution in [1.29, 1.82) is 0 Å². The van der Waals surface area contributed by atoms with Gasteiger partial charge in [-0.3, -0.25) is 9.69 Å². The summed E-state index contributed by atoms with van der Waals surface area (Å²) in [5, 5.41) is 9.73. The number of benzene rings is 1. The Morgan fingerprint density at radius 1 is 1.26 bits per heavy atom. The van der Waals surface area contributed by atoms with E-state index in [9.17, 15) is 9.90 Å². The second kappa shape index (κ2) is 8.96. The Kier molecular flexibility index (Phi) is 6.64. The number of hydrogen-bond donors (Lipinski definition) is 1. The van der Waals surface area contributed by atoms with E-state index in [1.165, 1.54) is 12.8 Å². The van der Waals surface area contributed by atoms with Crippen LogP contribution in [0.5, 0.6) is 11.5 Å². The van der Waals surface area contributed by atoms with E-state index >= 15 is 0 Å². The summed E-state index contributed by atoms with van der Waals surface area (Å²) in [5.41, 5.74) is 1.09. The van der Waals surface area contributed by atoms with Crippen LogP contribution in [0.15, 0.2) is 18.2 Å². The van der Waals surface area contributed by atoms with Crippen molar-refractivity contribution in [2.45, 2.75) is 71.0 Å². The smallest absolute Gasteiger partial charge is 0.320 e. The van der Waals surface area contributed by atoms with E-state index in [1.807, 2.05) is 18.2 Å². The number of methoxy groups -OCH3 is 1. The number of likely N-dealkylation sites (tertiary alicyclic amines) is 1. The Balaban J connectivity index is 1.75. The van der Waals surface area contributed by atoms with Gasteiger partial charge in [0, 0.05) is 12.6 Å². The fourth-order valence-corrected chi connectivity index (χ4v) is 4.57. The van der Waals surface area contributed by atoms with Gasteiger partial charge in [-0.1, -0.05) is 32.8 Å². The van der Waals surface area contributed by atoms with Gasteiger partial charge >= 0.3 is 5.97 Å². The van der Waals surface area contributed by atoms with Crippen molar-refractivity contribution in [1.82, 2.24) is 4.90 Å². The highest BCUT2D eigenvalue weighted by molar-refractivity contribution is 5.74. The van der Waals surface area contributed by atoms with Gasteiger partial charge in [-0.15, -0.1) is 0 Å². The lowest BCUT2D eigenvalue weighted by atomic mass is 9.84. The molecule has 1 aliphatic carbocycles. The average Bonchev–Trinajstić information content (AvgIpc) is 3.01. The summed E-state index contributed by atoms with van der Waals surface area (Å²) in [4.78, 5) is 14.0. The predicted octanol–water partition coefficient (Wildman–Crippen LogP) is 4.34. The third kappa shape index (κ3) is 4.75. The first-order valence-corrected chi connectivity index (χ1v) is 10.3. The summed E-state index contributed by atoms with van der Waals surface area (Å²) in [6.45, 7) is 5.67. The maximum absolute atomic E-state index is 11.8. The van der Waals surface area contributed by atoms with Gasteiger partial charge in [0.2, 0.25) is 0 Å². The minimum absolute atomic E-state index is 0.370. The first kappa shape index (κ1) is 20.0. The summed E-state index contributed by atoms with van der Waals surface area (Å²) in [7, 11) is 1.65. The minimum Gasteiger partial charge on any atom is -0.493 e. The third-order valence-electron chi connectivity index (χ3n) is 6.05. The number of carboxylic acids is 1. The number of fused-ring (bicyclic) bond motifs is 1. The molecule has 1 heterocycles. The number of carbonyl (C=O) groups is 1. The lowest BCUT2D eigenvalue weighted by Gasteiger charge is -2.33. The van der Waals surface area contributed by atoms with Crippen LogP contribution in [0, 0.1) is 11.8 Å². The lowest BCUT2D eigenvalue weighted by Crippen LogP contribution is -2.41. The molecular formula is C22H33NO4. The Morgan fingerprint density at radius 2 is 2.04 bits per heavy atom. The Labute approximate surface area is 162 Å². The number of hydrogen-bond acceptors (Lipinski definition) is 4. The molecule has 1 saturated heterocycles. The molecule has 0 spiro atoms. The monoisotopic (exact) mass is 375 g/mol. The van der Waals surface area contributed by atoms with E-state index in [1.54, 1.807) is 7.11 Å². The van der Waals surface area contributed by atoms with Crippen LogP contribution in [-0.4, -0.2) is 41.8 Å². The summed E-state index contributed by atoms with van der Waals surface area (Å²) in [6.07, 6.45) is 6.49. The van der Waals surface area contributed by atoms with Crippen LogP contribution in [-0.2, 0) is 11.3 Å². The first-order chi connectivity index (χ1) is 13.0. The zero-order valence-electron chi connectivity index (χ0n) is 16.8. The highest BCUT2D eigenvalue weighted by Crippen LogP contribution is 2.41. The quantitative estimate of drug-likeness (QED) is 0.732. The topological polar surface area (TPSA) is 59.0 Å². The molecule has 5 nitrogen and oxygen atoms in total. The van der Waals surface area contributed by atoms with Gasteiger partial charge in [0.05, 0.1) is 13.7 Å².